The van der Waals surface area contributed by atoms with Gasteiger partial charge >= 0.3 is 6.09 Å². The van der Waals surface area contributed by atoms with Gasteiger partial charge in [-0.15, -0.1) is 5.10 Å². The van der Waals surface area contributed by atoms with Gasteiger partial charge in [0.25, 0.3) is 0 Å². The van der Waals surface area contributed by atoms with E-state index in [9.17, 15) is 9.59 Å². The van der Waals surface area contributed by atoms with Crippen molar-refractivity contribution in [2.24, 2.45) is 7.05 Å². The van der Waals surface area contributed by atoms with Gasteiger partial charge in [0.15, 0.2) is 5.82 Å². The molecule has 2 heterocycles. The molecule has 0 spiro atoms. The highest BCUT2D eigenvalue weighted by molar-refractivity contribution is 5.93. The summed E-state index contributed by atoms with van der Waals surface area (Å²) < 4.78 is 6.43. The third-order valence-corrected chi connectivity index (χ3v) is 3.63. The van der Waals surface area contributed by atoms with Gasteiger partial charge in [-0.1, -0.05) is 0 Å². The average Bonchev–Trinajstić information content (AvgIpc) is 3.11. The summed E-state index contributed by atoms with van der Waals surface area (Å²) in [6, 6.07) is 5.51. The van der Waals surface area contributed by atoms with Crippen LogP contribution in [0.15, 0.2) is 24.4 Å². The topological polar surface area (TPSA) is 116 Å². The number of fused-ring (bicyclic) bond motifs is 1. The first-order valence-electron chi connectivity index (χ1n) is 7.44. The van der Waals surface area contributed by atoms with Gasteiger partial charge in [0.05, 0.1) is 24.3 Å². The Bertz CT molecular complexity index is 944. The smallest absolute Gasteiger partial charge is 0.412 e. The van der Waals surface area contributed by atoms with Crippen LogP contribution in [0.3, 0.4) is 0 Å². The first kappa shape index (κ1) is 16.4. The largest absolute Gasteiger partial charge is 0.453 e. The molecule has 0 fully saturated rings. The Balaban J connectivity index is 1.65. The third-order valence-electron chi connectivity index (χ3n) is 3.63. The lowest BCUT2D eigenvalue weighted by molar-refractivity contribution is -0.117. The quantitative estimate of drug-likeness (QED) is 0.737. The van der Waals surface area contributed by atoms with Crippen LogP contribution in [0.25, 0.3) is 11.0 Å². The number of imidazole rings is 1. The summed E-state index contributed by atoms with van der Waals surface area (Å²) in [5.74, 6) is 0.794. The molecule has 1 aromatic carbocycles. The molecule has 25 heavy (non-hydrogen) atoms. The van der Waals surface area contributed by atoms with Crippen LogP contribution in [0.5, 0.6) is 0 Å². The lowest BCUT2D eigenvalue weighted by atomic mass is 10.2. The van der Waals surface area contributed by atoms with Gasteiger partial charge in [-0.25, -0.2) is 9.78 Å². The first-order chi connectivity index (χ1) is 12.0. The highest BCUT2D eigenvalue weighted by Gasteiger charge is 2.10. The normalized spacial score (nSPS) is 10.7. The lowest BCUT2D eigenvalue weighted by Crippen LogP contribution is -2.20. The molecule has 0 saturated carbocycles. The van der Waals surface area contributed by atoms with E-state index >= 15 is 0 Å². The Morgan fingerprint density at radius 3 is 2.84 bits per heavy atom. The zero-order chi connectivity index (χ0) is 18.0. The number of carbonyl (C=O) groups is 2. The number of benzene rings is 1. The number of rotatable bonds is 4. The van der Waals surface area contributed by atoms with Crippen LogP contribution >= 0.6 is 0 Å². The van der Waals surface area contributed by atoms with Gasteiger partial charge in [-0.3, -0.25) is 10.1 Å². The SMILES string of the molecule is COC(=O)Nc1cnn(CC(=O)Nc2ccc3c(c2)nc(C)n3C)n1. The number of hydrogen-bond donors (Lipinski definition) is 2. The van der Waals surface area contributed by atoms with Crippen LogP contribution in [-0.4, -0.2) is 43.7 Å². The van der Waals surface area contributed by atoms with Crippen LogP contribution in [0.4, 0.5) is 16.3 Å². The van der Waals surface area contributed by atoms with Crippen molar-refractivity contribution in [2.45, 2.75) is 13.5 Å². The fourth-order valence-corrected chi connectivity index (χ4v) is 2.31. The molecule has 0 atom stereocenters. The van der Waals surface area contributed by atoms with Crippen molar-refractivity contribution in [3.05, 3.63) is 30.2 Å². The van der Waals surface area contributed by atoms with E-state index in [-0.39, 0.29) is 18.3 Å². The lowest BCUT2D eigenvalue weighted by Gasteiger charge is -2.05. The molecule has 0 bridgehead atoms. The highest BCUT2D eigenvalue weighted by atomic mass is 16.5. The van der Waals surface area contributed by atoms with Gasteiger partial charge in [-0.05, 0) is 25.1 Å². The van der Waals surface area contributed by atoms with Crippen LogP contribution in [0, 0.1) is 6.92 Å². The molecule has 0 aliphatic rings. The minimum atomic E-state index is -0.657. The predicted octanol–water partition coefficient (Wildman–Crippen LogP) is 1.29. The van der Waals surface area contributed by atoms with E-state index in [1.807, 2.05) is 30.7 Å². The Hall–Kier alpha value is -3.43. The Kier molecular flexibility index (Phi) is 4.33. The van der Waals surface area contributed by atoms with Gasteiger partial charge in [0, 0.05) is 12.7 Å². The Morgan fingerprint density at radius 2 is 2.08 bits per heavy atom. The highest BCUT2D eigenvalue weighted by Crippen LogP contribution is 2.19. The van der Waals surface area contributed by atoms with E-state index in [4.69, 9.17) is 0 Å². The summed E-state index contributed by atoms with van der Waals surface area (Å²) >= 11 is 0. The molecule has 0 unspecified atom stereocenters. The number of anilines is 2. The number of nitrogens with one attached hydrogen (secondary N) is 2. The molecule has 0 aliphatic carbocycles. The van der Waals surface area contributed by atoms with E-state index in [0.29, 0.717) is 5.69 Å². The number of amides is 2. The molecule has 0 radical (unpaired) electrons. The fourth-order valence-electron chi connectivity index (χ4n) is 2.31. The number of carbonyl (C=O) groups excluding carboxylic acids is 2. The number of aryl methyl sites for hydroxylation is 2. The molecule has 0 saturated heterocycles. The zero-order valence-electron chi connectivity index (χ0n) is 14.0. The van der Waals surface area contributed by atoms with Gasteiger partial charge in [0.1, 0.15) is 12.4 Å². The standard InChI is InChI=1S/C15H17N7O3/c1-9-17-11-6-10(4-5-12(11)21(9)2)18-14(23)8-22-16-7-13(20-22)19-15(24)25-3/h4-7H,8H2,1-3H3,(H,18,23)(H,19,20,24). The number of ether oxygens (including phenoxy) is 1. The van der Waals surface area contributed by atoms with E-state index in [1.54, 1.807) is 6.07 Å². The van der Waals surface area contributed by atoms with Gasteiger partial charge in [0.2, 0.25) is 5.91 Å². The molecule has 0 aliphatic heterocycles. The maximum atomic E-state index is 12.1. The van der Waals surface area contributed by atoms with Crippen molar-refractivity contribution in [3.8, 4) is 0 Å². The summed E-state index contributed by atoms with van der Waals surface area (Å²) in [6.07, 6.45) is 0.669. The minimum Gasteiger partial charge on any atom is -0.453 e. The molecule has 10 nitrogen and oxygen atoms in total. The summed E-state index contributed by atoms with van der Waals surface area (Å²) in [5.41, 5.74) is 2.43. The van der Waals surface area contributed by atoms with Crippen molar-refractivity contribution in [2.75, 3.05) is 17.7 Å². The fraction of sp³-hybridized carbons (Fsp3) is 0.267. The number of methoxy groups -OCH3 is 1. The Labute approximate surface area is 142 Å². The van der Waals surface area contributed by atoms with Crippen LogP contribution in [0.1, 0.15) is 5.82 Å². The summed E-state index contributed by atoms with van der Waals surface area (Å²) in [6.45, 7) is 1.82. The summed E-state index contributed by atoms with van der Waals surface area (Å²) in [5, 5.41) is 13.0. The number of hydrogen-bond acceptors (Lipinski definition) is 6. The van der Waals surface area contributed by atoms with Crippen LogP contribution in [-0.2, 0) is 23.1 Å². The second-order valence-corrected chi connectivity index (χ2v) is 5.35. The first-order valence-corrected chi connectivity index (χ1v) is 7.44. The minimum absolute atomic E-state index is 0.0951. The number of aromatic nitrogens is 5. The van der Waals surface area contributed by atoms with E-state index in [0.717, 1.165) is 16.9 Å². The van der Waals surface area contributed by atoms with Crippen molar-refractivity contribution >= 4 is 34.5 Å². The summed E-state index contributed by atoms with van der Waals surface area (Å²) in [4.78, 5) is 28.8. The van der Waals surface area contributed by atoms with Crippen LogP contribution in [0.2, 0.25) is 0 Å². The molecule has 2 N–H and O–H groups in total. The van der Waals surface area contributed by atoms with Crippen LogP contribution < -0.4 is 10.6 Å². The van der Waals surface area contributed by atoms with Gasteiger partial charge in [-0.2, -0.15) is 9.90 Å². The second-order valence-electron chi connectivity index (χ2n) is 5.35. The van der Waals surface area contributed by atoms with Gasteiger partial charge < -0.3 is 14.6 Å². The Morgan fingerprint density at radius 1 is 1.28 bits per heavy atom. The average molecular weight is 343 g/mol. The predicted molar refractivity (Wildman–Crippen MR) is 90.1 cm³/mol. The molecule has 3 rings (SSSR count). The zero-order valence-corrected chi connectivity index (χ0v) is 14.0. The molecule has 130 valence electrons. The maximum Gasteiger partial charge on any atom is 0.412 e. The second kappa shape index (κ2) is 6.59. The molecule has 2 amide bonds. The summed E-state index contributed by atoms with van der Waals surface area (Å²) in [7, 11) is 3.18. The molecule has 10 heteroatoms. The molecule has 3 aromatic rings. The van der Waals surface area contributed by atoms with E-state index < -0.39 is 6.09 Å². The van der Waals surface area contributed by atoms with Crippen molar-refractivity contribution < 1.29 is 14.3 Å². The van der Waals surface area contributed by atoms with Crippen molar-refractivity contribution in [1.82, 2.24) is 24.5 Å². The van der Waals surface area contributed by atoms with Crippen molar-refractivity contribution in [1.29, 1.82) is 0 Å². The monoisotopic (exact) mass is 343 g/mol. The maximum absolute atomic E-state index is 12.1. The third kappa shape index (κ3) is 3.57. The molecular formula is C15H17N7O3. The van der Waals surface area contributed by atoms with E-state index in [1.165, 1.54) is 18.1 Å². The van der Waals surface area contributed by atoms with Crippen molar-refractivity contribution in [3.63, 3.8) is 0 Å². The molecule has 2 aromatic heterocycles. The molecular weight excluding hydrogens is 326 g/mol. The number of nitrogens with zero attached hydrogens (tertiary/aromatic N) is 5. The van der Waals surface area contributed by atoms with E-state index in [2.05, 4.69) is 30.6 Å².